The molecule has 0 radical (unpaired) electrons. The fourth-order valence-corrected chi connectivity index (χ4v) is 4.42. The topological polar surface area (TPSA) is 68.7 Å². The zero-order valence-electron chi connectivity index (χ0n) is 18.4. The van der Waals surface area contributed by atoms with Crippen LogP contribution in [0.5, 0.6) is 11.6 Å². The van der Waals surface area contributed by atoms with Crippen molar-refractivity contribution in [2.24, 2.45) is 5.41 Å². The molecule has 0 unspecified atom stereocenters. The fourth-order valence-electron chi connectivity index (χ4n) is 4.42. The lowest BCUT2D eigenvalue weighted by atomic mass is 9.85. The van der Waals surface area contributed by atoms with Gasteiger partial charge in [-0.05, 0) is 31.7 Å². The Hall–Kier alpha value is -2.97. The first kappa shape index (κ1) is 20.9. The minimum absolute atomic E-state index is 0.185. The molecule has 5 rings (SSSR count). The van der Waals surface area contributed by atoms with Crippen molar-refractivity contribution in [3.63, 3.8) is 0 Å². The quantitative estimate of drug-likeness (QED) is 0.568. The van der Waals surface area contributed by atoms with Gasteiger partial charge in [-0.3, -0.25) is 0 Å². The average molecular weight is 439 g/mol. The molecule has 0 atom stereocenters. The Balaban J connectivity index is 1.53. The summed E-state index contributed by atoms with van der Waals surface area (Å²) in [6.07, 6.45) is 2.84. The molecule has 32 heavy (non-hydrogen) atoms. The summed E-state index contributed by atoms with van der Waals surface area (Å²) in [6.45, 7) is 4.69. The molecule has 1 N–H and O–H groups in total. The lowest BCUT2D eigenvalue weighted by Gasteiger charge is -2.38. The van der Waals surface area contributed by atoms with Crippen LogP contribution in [0.2, 0.25) is 0 Å². The second-order valence-electron chi connectivity index (χ2n) is 8.53. The Kier molecular flexibility index (Phi) is 5.57. The van der Waals surface area contributed by atoms with Gasteiger partial charge in [0.15, 0.2) is 11.6 Å². The predicted octanol–water partition coefficient (Wildman–Crippen LogP) is 3.27. The van der Waals surface area contributed by atoms with Crippen molar-refractivity contribution in [3.8, 4) is 22.9 Å². The largest absolute Gasteiger partial charge is 0.494 e. The number of methoxy groups -OCH3 is 1. The molecular weight excluding hydrogens is 411 g/mol. The smallest absolute Gasteiger partial charge is 0.213 e. The maximum atomic E-state index is 14.6. The van der Waals surface area contributed by atoms with Crippen LogP contribution in [0.1, 0.15) is 6.42 Å². The second-order valence-corrected chi connectivity index (χ2v) is 8.53. The van der Waals surface area contributed by atoms with E-state index in [0.29, 0.717) is 18.0 Å². The van der Waals surface area contributed by atoms with Crippen LogP contribution in [-0.4, -0.2) is 63.6 Å². The van der Waals surface area contributed by atoms with E-state index in [1.807, 2.05) is 25.2 Å². The van der Waals surface area contributed by atoms with E-state index in [-0.39, 0.29) is 17.0 Å². The molecule has 2 aromatic heterocycles. The first-order chi connectivity index (χ1) is 15.6. The highest BCUT2D eigenvalue weighted by Crippen LogP contribution is 2.42. The lowest BCUT2D eigenvalue weighted by Crippen LogP contribution is -2.44. The molecule has 0 saturated carbocycles. The highest BCUT2D eigenvalue weighted by Gasteiger charge is 2.44. The van der Waals surface area contributed by atoms with E-state index in [2.05, 4.69) is 15.2 Å². The first-order valence-electron chi connectivity index (χ1n) is 10.9. The predicted molar refractivity (Wildman–Crippen MR) is 121 cm³/mol. The van der Waals surface area contributed by atoms with Crippen molar-refractivity contribution in [2.75, 3.05) is 58.5 Å². The third kappa shape index (κ3) is 3.84. The van der Waals surface area contributed by atoms with Crippen LogP contribution in [0.15, 0.2) is 36.5 Å². The number of nitrogens with one attached hydrogen (secondary N) is 1. The standard InChI is InChI=1S/C24H27FN4O3/c1-26-6-8-32-23-4-3-16(12-27-23)19-10-21(29-7-5-24(13-29)14-31-15-24)17-9-18(25)22(30-2)11-20(17)28-19/h3-4,9-12,26H,5-8,13-15H2,1-2H3. The summed E-state index contributed by atoms with van der Waals surface area (Å²) in [4.78, 5) is 11.6. The molecule has 1 spiro atoms. The van der Waals surface area contributed by atoms with Crippen molar-refractivity contribution in [3.05, 3.63) is 42.3 Å². The van der Waals surface area contributed by atoms with Gasteiger partial charge in [0.2, 0.25) is 5.88 Å². The summed E-state index contributed by atoms with van der Waals surface area (Å²) in [5, 5.41) is 3.82. The third-order valence-corrected chi connectivity index (χ3v) is 6.29. The molecular formula is C24H27FN4O3. The Morgan fingerprint density at radius 2 is 2.12 bits per heavy atom. The highest BCUT2D eigenvalue weighted by atomic mass is 19.1. The average Bonchev–Trinajstić information content (AvgIpc) is 3.25. The number of pyridine rings is 2. The third-order valence-electron chi connectivity index (χ3n) is 6.29. The Bertz CT molecular complexity index is 1120. The molecule has 0 bridgehead atoms. The molecule has 1 aromatic carbocycles. The second kappa shape index (κ2) is 8.52. The molecule has 2 aliphatic heterocycles. The number of hydrogen-bond donors (Lipinski definition) is 1. The van der Waals surface area contributed by atoms with Gasteiger partial charge in [0.25, 0.3) is 0 Å². The number of nitrogens with zero attached hydrogens (tertiary/aromatic N) is 3. The molecule has 4 heterocycles. The summed E-state index contributed by atoms with van der Waals surface area (Å²) < 4.78 is 30.9. The number of likely N-dealkylation sites (N-methyl/N-ethyl adjacent to an activating group) is 1. The van der Waals surface area contributed by atoms with Gasteiger partial charge >= 0.3 is 0 Å². The van der Waals surface area contributed by atoms with Crippen LogP contribution in [0.25, 0.3) is 22.2 Å². The maximum absolute atomic E-state index is 14.6. The minimum Gasteiger partial charge on any atom is -0.494 e. The number of ether oxygens (including phenoxy) is 3. The van der Waals surface area contributed by atoms with Crippen molar-refractivity contribution < 1.29 is 18.6 Å². The number of anilines is 1. The van der Waals surface area contributed by atoms with Gasteiger partial charge in [-0.1, -0.05) is 0 Å². The summed E-state index contributed by atoms with van der Waals surface area (Å²) in [5.41, 5.74) is 3.54. The van der Waals surface area contributed by atoms with Crippen LogP contribution in [-0.2, 0) is 4.74 Å². The van der Waals surface area contributed by atoms with Crippen LogP contribution in [0.4, 0.5) is 10.1 Å². The van der Waals surface area contributed by atoms with E-state index in [1.165, 1.54) is 13.2 Å². The van der Waals surface area contributed by atoms with E-state index in [1.54, 1.807) is 12.3 Å². The van der Waals surface area contributed by atoms with Gasteiger partial charge < -0.3 is 24.4 Å². The molecule has 0 aliphatic carbocycles. The van der Waals surface area contributed by atoms with Crippen LogP contribution in [0.3, 0.4) is 0 Å². The van der Waals surface area contributed by atoms with E-state index < -0.39 is 0 Å². The number of rotatable bonds is 7. The SMILES string of the molecule is CNCCOc1ccc(-c2cc(N3CCC4(COC4)C3)c3cc(F)c(OC)cc3n2)cn1. The van der Waals surface area contributed by atoms with Gasteiger partial charge in [-0.15, -0.1) is 0 Å². The zero-order chi connectivity index (χ0) is 22.1. The van der Waals surface area contributed by atoms with Gasteiger partial charge in [-0.2, -0.15) is 0 Å². The van der Waals surface area contributed by atoms with E-state index in [4.69, 9.17) is 19.2 Å². The molecule has 168 valence electrons. The van der Waals surface area contributed by atoms with Crippen molar-refractivity contribution in [1.29, 1.82) is 0 Å². The Morgan fingerprint density at radius 1 is 1.25 bits per heavy atom. The van der Waals surface area contributed by atoms with E-state index in [0.717, 1.165) is 61.6 Å². The summed E-state index contributed by atoms with van der Waals surface area (Å²) in [6, 6.07) is 9.02. The molecule has 0 amide bonds. The van der Waals surface area contributed by atoms with Gasteiger partial charge in [-0.25, -0.2) is 14.4 Å². The first-order valence-corrected chi connectivity index (χ1v) is 10.9. The number of hydrogen-bond acceptors (Lipinski definition) is 7. The number of fused-ring (bicyclic) bond motifs is 1. The fraction of sp³-hybridized carbons (Fsp3) is 0.417. The summed E-state index contributed by atoms with van der Waals surface area (Å²) in [5.74, 6) is 0.367. The molecule has 2 saturated heterocycles. The van der Waals surface area contributed by atoms with Gasteiger partial charge in [0.05, 0.1) is 31.5 Å². The van der Waals surface area contributed by atoms with Crippen molar-refractivity contribution in [2.45, 2.75) is 6.42 Å². The lowest BCUT2D eigenvalue weighted by molar-refractivity contribution is -0.0985. The maximum Gasteiger partial charge on any atom is 0.213 e. The molecule has 2 aliphatic rings. The highest BCUT2D eigenvalue weighted by molar-refractivity contribution is 5.95. The van der Waals surface area contributed by atoms with Gasteiger partial charge in [0, 0.05) is 60.0 Å². The van der Waals surface area contributed by atoms with Crippen LogP contribution >= 0.6 is 0 Å². The summed E-state index contributed by atoms with van der Waals surface area (Å²) in [7, 11) is 3.34. The number of halogens is 1. The van der Waals surface area contributed by atoms with Crippen LogP contribution < -0.4 is 19.7 Å². The Morgan fingerprint density at radius 3 is 2.78 bits per heavy atom. The van der Waals surface area contributed by atoms with Crippen LogP contribution in [0, 0.1) is 11.2 Å². The zero-order valence-corrected chi connectivity index (χ0v) is 18.4. The molecule has 3 aromatic rings. The number of benzene rings is 1. The van der Waals surface area contributed by atoms with E-state index >= 15 is 0 Å². The normalized spacial score (nSPS) is 17.0. The van der Waals surface area contributed by atoms with Gasteiger partial charge in [0.1, 0.15) is 6.61 Å². The molecule has 8 heteroatoms. The molecule has 7 nitrogen and oxygen atoms in total. The van der Waals surface area contributed by atoms with Crippen molar-refractivity contribution in [1.82, 2.24) is 15.3 Å². The van der Waals surface area contributed by atoms with Crippen molar-refractivity contribution >= 4 is 16.6 Å². The molecule has 2 fully saturated rings. The van der Waals surface area contributed by atoms with E-state index in [9.17, 15) is 4.39 Å². The number of aromatic nitrogens is 2. The monoisotopic (exact) mass is 438 g/mol. The Labute approximate surface area is 186 Å². The summed E-state index contributed by atoms with van der Waals surface area (Å²) >= 11 is 0. The minimum atomic E-state index is -0.388.